The molecule has 0 spiro atoms. The van der Waals surface area contributed by atoms with Gasteiger partial charge in [0.2, 0.25) is 0 Å². The second-order valence-electron chi connectivity index (χ2n) is 5.50. The van der Waals surface area contributed by atoms with Gasteiger partial charge in [-0.3, -0.25) is 0 Å². The van der Waals surface area contributed by atoms with Crippen LogP contribution in [0.1, 0.15) is 19.8 Å². The molecule has 10 heteroatoms. The second-order valence-corrected chi connectivity index (χ2v) is 12.1. The lowest BCUT2D eigenvalue weighted by Gasteiger charge is -2.24. The molecule has 158 valence electrons. The van der Waals surface area contributed by atoms with Gasteiger partial charge < -0.3 is 31.3 Å². The number of hydrogen-bond acceptors (Lipinski definition) is 7. The van der Waals surface area contributed by atoms with E-state index in [-0.39, 0.29) is 0 Å². The molecule has 0 radical (unpaired) electrons. The summed E-state index contributed by atoms with van der Waals surface area (Å²) < 4.78 is 36.8. The Balaban J connectivity index is 0. The monoisotopic (exact) mass is 432 g/mol. The lowest BCUT2D eigenvalue weighted by atomic mass is 10.4. The molecule has 0 N–H and O–H groups in total. The fourth-order valence-corrected chi connectivity index (χ4v) is 5.80. The quantitative estimate of drug-likeness (QED) is 0.170. The predicted molar refractivity (Wildman–Crippen MR) is 109 cm³/mol. The molecule has 26 heavy (non-hydrogen) atoms. The summed E-state index contributed by atoms with van der Waals surface area (Å²) in [5.41, 5.74) is 1.03. The molecule has 0 heterocycles. The molecule has 0 aromatic heterocycles. The van der Waals surface area contributed by atoms with Gasteiger partial charge in [-0.25, -0.2) is 0 Å². The summed E-state index contributed by atoms with van der Waals surface area (Å²) in [6.07, 6.45) is 1.73. The van der Waals surface area contributed by atoms with Crippen LogP contribution in [0.2, 0.25) is 12.1 Å². The lowest BCUT2D eigenvalue weighted by Crippen LogP contribution is -2.42. The first kappa shape index (κ1) is 28.4. The van der Waals surface area contributed by atoms with Gasteiger partial charge in [-0.2, -0.15) is 0 Å². The van der Waals surface area contributed by atoms with Crippen molar-refractivity contribution in [2.75, 3.05) is 61.8 Å². The standard InChI is InChI=1S/C10H22O4Si.C6H15ClO3Si/c1-10(2)9-14-7-6-8-15(11-3,12-4)13-5;1-8-11(9-2,10-3)6-4-5-7/h1,6-9H2,2-5H3;4-6H2,1-3H3. The maximum absolute atomic E-state index is 5.53. The van der Waals surface area contributed by atoms with Crippen LogP contribution in [-0.4, -0.2) is 79.4 Å². The smallest absolute Gasteiger partial charge is 0.377 e. The Kier molecular flexibility index (Phi) is 18.9. The van der Waals surface area contributed by atoms with E-state index < -0.39 is 17.6 Å². The highest BCUT2D eigenvalue weighted by atomic mass is 35.5. The molecule has 0 bridgehead atoms. The van der Waals surface area contributed by atoms with Crippen LogP contribution in [0, 0.1) is 0 Å². The Morgan fingerprint density at radius 1 is 0.769 bits per heavy atom. The Labute approximate surface area is 166 Å². The third-order valence-electron chi connectivity index (χ3n) is 3.60. The van der Waals surface area contributed by atoms with Crippen LogP contribution < -0.4 is 0 Å². The summed E-state index contributed by atoms with van der Waals surface area (Å²) in [5.74, 6) is 0.616. The number of rotatable bonds is 15. The van der Waals surface area contributed by atoms with Crippen LogP contribution in [0.4, 0.5) is 0 Å². The van der Waals surface area contributed by atoms with Crippen LogP contribution >= 0.6 is 11.6 Å². The number of ether oxygens (including phenoxy) is 1. The van der Waals surface area contributed by atoms with Crippen molar-refractivity contribution in [1.82, 2.24) is 0 Å². The van der Waals surface area contributed by atoms with Gasteiger partial charge in [-0.05, 0) is 19.8 Å². The first-order chi connectivity index (χ1) is 12.3. The molecular formula is C16H37ClO7Si2. The predicted octanol–water partition coefficient (Wildman–Crippen LogP) is 3.34. The van der Waals surface area contributed by atoms with Crippen molar-refractivity contribution in [3.05, 3.63) is 12.2 Å². The number of hydrogen-bond donors (Lipinski definition) is 0. The van der Waals surface area contributed by atoms with E-state index in [9.17, 15) is 0 Å². The zero-order valence-electron chi connectivity index (χ0n) is 17.4. The first-order valence-corrected chi connectivity index (χ1v) is 12.8. The molecule has 7 nitrogen and oxygen atoms in total. The van der Waals surface area contributed by atoms with Crippen molar-refractivity contribution < 1.29 is 31.3 Å². The average Bonchev–Trinajstić information content (AvgIpc) is 2.67. The zero-order valence-corrected chi connectivity index (χ0v) is 20.1. The molecule has 0 fully saturated rings. The fraction of sp³-hybridized carbons (Fsp3) is 0.875. The molecule has 0 aromatic carbocycles. The van der Waals surface area contributed by atoms with Crippen molar-refractivity contribution in [2.45, 2.75) is 31.9 Å². The summed E-state index contributed by atoms with van der Waals surface area (Å²) >= 11 is 5.53. The molecule has 0 saturated carbocycles. The fourth-order valence-electron chi connectivity index (χ4n) is 2.03. The topological polar surface area (TPSA) is 64.6 Å². The van der Waals surface area contributed by atoms with Crippen LogP contribution in [0.5, 0.6) is 0 Å². The Hall–Kier alpha value is 0.184. The Morgan fingerprint density at radius 2 is 1.15 bits per heavy atom. The van der Waals surface area contributed by atoms with Gasteiger partial charge in [0.25, 0.3) is 0 Å². The van der Waals surface area contributed by atoms with Gasteiger partial charge in [-0.15, -0.1) is 11.6 Å². The molecule has 0 saturated heterocycles. The minimum absolute atomic E-state index is 0.613. The third-order valence-corrected chi connectivity index (χ3v) is 9.53. The summed E-state index contributed by atoms with van der Waals surface area (Å²) in [7, 11) is 4.95. The molecule has 0 unspecified atom stereocenters. The SMILES string of the molecule is C=C(C)COCCC[Si](OC)(OC)OC.CO[Si](CCCCl)(OC)OC. The van der Waals surface area contributed by atoms with Crippen molar-refractivity contribution in [1.29, 1.82) is 0 Å². The van der Waals surface area contributed by atoms with E-state index in [1.807, 2.05) is 6.92 Å². The van der Waals surface area contributed by atoms with Crippen molar-refractivity contribution in [3.63, 3.8) is 0 Å². The van der Waals surface area contributed by atoms with Crippen LogP contribution in [0.25, 0.3) is 0 Å². The zero-order chi connectivity index (χ0) is 20.5. The normalized spacial score (nSPS) is 11.8. The lowest BCUT2D eigenvalue weighted by molar-refractivity contribution is 0.113. The van der Waals surface area contributed by atoms with Crippen LogP contribution in [-0.2, 0) is 31.3 Å². The maximum atomic E-state index is 5.53. The summed E-state index contributed by atoms with van der Waals surface area (Å²) in [6, 6.07) is 1.55. The maximum Gasteiger partial charge on any atom is 0.500 e. The minimum atomic E-state index is -2.40. The minimum Gasteiger partial charge on any atom is -0.377 e. The average molecular weight is 433 g/mol. The summed E-state index contributed by atoms with van der Waals surface area (Å²) in [6.45, 7) is 6.99. The van der Waals surface area contributed by atoms with Gasteiger partial charge in [0.05, 0.1) is 6.61 Å². The first-order valence-electron chi connectivity index (χ1n) is 8.43. The van der Waals surface area contributed by atoms with E-state index in [0.717, 1.165) is 30.5 Å². The number of halogens is 1. The van der Waals surface area contributed by atoms with Gasteiger partial charge in [0, 0.05) is 67.2 Å². The largest absolute Gasteiger partial charge is 0.500 e. The van der Waals surface area contributed by atoms with Crippen molar-refractivity contribution >= 4 is 29.2 Å². The van der Waals surface area contributed by atoms with Crippen LogP contribution in [0.3, 0.4) is 0 Å². The second kappa shape index (κ2) is 17.3. The van der Waals surface area contributed by atoms with Gasteiger partial charge in [0.1, 0.15) is 0 Å². The van der Waals surface area contributed by atoms with E-state index in [4.69, 9.17) is 42.9 Å². The molecule has 0 aliphatic carbocycles. The van der Waals surface area contributed by atoms with E-state index in [1.54, 1.807) is 42.7 Å². The van der Waals surface area contributed by atoms with Crippen molar-refractivity contribution in [2.24, 2.45) is 0 Å². The molecular weight excluding hydrogens is 396 g/mol. The molecule has 0 rings (SSSR count). The van der Waals surface area contributed by atoms with Gasteiger partial charge >= 0.3 is 17.6 Å². The van der Waals surface area contributed by atoms with E-state index >= 15 is 0 Å². The highest BCUT2D eigenvalue weighted by molar-refractivity contribution is 6.60. The third kappa shape index (κ3) is 12.5. The highest BCUT2D eigenvalue weighted by Gasteiger charge is 2.37. The Morgan fingerprint density at radius 3 is 1.46 bits per heavy atom. The molecule has 0 aliphatic rings. The number of alkyl halides is 1. The van der Waals surface area contributed by atoms with Crippen LogP contribution in [0.15, 0.2) is 12.2 Å². The summed E-state index contributed by atoms with van der Waals surface area (Å²) in [4.78, 5) is 0. The summed E-state index contributed by atoms with van der Waals surface area (Å²) in [5, 5.41) is 0. The van der Waals surface area contributed by atoms with Crippen molar-refractivity contribution in [3.8, 4) is 0 Å². The Bertz CT molecular complexity index is 324. The van der Waals surface area contributed by atoms with E-state index in [0.29, 0.717) is 19.1 Å². The van der Waals surface area contributed by atoms with E-state index in [1.165, 1.54) is 0 Å². The molecule has 0 amide bonds. The molecule has 0 atom stereocenters. The van der Waals surface area contributed by atoms with Gasteiger partial charge in [0.15, 0.2) is 0 Å². The molecule has 0 aromatic rings. The highest BCUT2D eigenvalue weighted by Crippen LogP contribution is 2.15. The molecule has 0 aliphatic heterocycles. The van der Waals surface area contributed by atoms with E-state index in [2.05, 4.69) is 6.58 Å². The van der Waals surface area contributed by atoms with Gasteiger partial charge in [-0.1, -0.05) is 12.2 Å².